The third-order valence-electron chi connectivity index (χ3n) is 5.95. The van der Waals surface area contributed by atoms with E-state index < -0.39 is 0 Å². The highest BCUT2D eigenvalue weighted by Crippen LogP contribution is 2.52. The van der Waals surface area contributed by atoms with Gasteiger partial charge in [-0.15, -0.1) is 0 Å². The topological polar surface area (TPSA) is 73.8 Å². The van der Waals surface area contributed by atoms with Crippen LogP contribution in [0.3, 0.4) is 0 Å². The van der Waals surface area contributed by atoms with E-state index in [-0.39, 0.29) is 35.5 Å². The average molecular weight is 330 g/mol. The molecule has 2 N–H and O–H groups in total. The quantitative estimate of drug-likeness (QED) is 0.340. The van der Waals surface area contributed by atoms with Crippen molar-refractivity contribution in [2.24, 2.45) is 28.7 Å². The van der Waals surface area contributed by atoms with Gasteiger partial charge >= 0.3 is 0 Å². The Balaban J connectivity index is 1.36. The molecule has 4 atom stereocenters. The molecule has 4 aliphatic rings. The van der Waals surface area contributed by atoms with Gasteiger partial charge in [0, 0.05) is 19.1 Å². The Kier molecular flexibility index (Phi) is 4.06. The minimum absolute atomic E-state index is 0.0222. The van der Waals surface area contributed by atoms with Gasteiger partial charge in [0.15, 0.2) is 5.96 Å². The van der Waals surface area contributed by atoms with Crippen molar-refractivity contribution in [3.63, 3.8) is 0 Å². The minimum atomic E-state index is -0.0992. The number of carbonyl (C=O) groups is 2. The second-order valence-corrected chi connectivity index (χ2v) is 7.36. The van der Waals surface area contributed by atoms with Gasteiger partial charge in [-0.3, -0.25) is 19.5 Å². The van der Waals surface area contributed by atoms with E-state index in [0.717, 1.165) is 18.9 Å². The molecule has 24 heavy (non-hydrogen) atoms. The van der Waals surface area contributed by atoms with Crippen molar-refractivity contribution in [1.29, 1.82) is 0 Å². The fourth-order valence-electron chi connectivity index (χ4n) is 4.51. The van der Waals surface area contributed by atoms with Crippen LogP contribution < -0.4 is 10.6 Å². The molecule has 6 heteroatoms. The molecule has 1 heterocycles. The maximum absolute atomic E-state index is 12.6. The molecule has 4 unspecified atom stereocenters. The monoisotopic (exact) mass is 330 g/mol. The lowest BCUT2D eigenvalue weighted by molar-refractivity contribution is -0.140. The first kappa shape index (κ1) is 15.7. The molecule has 6 nitrogen and oxygen atoms in total. The fourth-order valence-corrected chi connectivity index (χ4v) is 4.51. The smallest absolute Gasteiger partial charge is 0.233 e. The van der Waals surface area contributed by atoms with Crippen LogP contribution in [0, 0.1) is 23.7 Å². The number of imide groups is 1. The number of fused-ring (bicyclic) bond motifs is 5. The molecule has 4 rings (SSSR count). The Bertz CT molecular complexity index is 566. The summed E-state index contributed by atoms with van der Waals surface area (Å²) in [5.74, 6) is 1.20. The number of nitrogens with one attached hydrogen (secondary N) is 2. The average Bonchev–Trinajstić information content (AvgIpc) is 3.19. The number of allylic oxidation sites excluding steroid dienone is 2. The zero-order valence-corrected chi connectivity index (χ0v) is 14.2. The summed E-state index contributed by atoms with van der Waals surface area (Å²) in [6, 6.07) is 0.513. The van der Waals surface area contributed by atoms with Crippen molar-refractivity contribution in [3.8, 4) is 0 Å². The van der Waals surface area contributed by atoms with E-state index in [2.05, 4.69) is 27.8 Å². The Hall–Kier alpha value is -1.85. The fraction of sp³-hybridized carbons (Fsp3) is 0.722. The summed E-state index contributed by atoms with van der Waals surface area (Å²) in [4.78, 5) is 31.2. The lowest BCUT2D eigenvalue weighted by Gasteiger charge is -2.28. The largest absolute Gasteiger partial charge is 0.357 e. The molecular weight excluding hydrogens is 304 g/mol. The predicted octanol–water partition coefficient (Wildman–Crippen LogP) is 0.901. The molecule has 0 aromatic heterocycles. The first-order chi connectivity index (χ1) is 11.7. The number of carbonyl (C=O) groups excluding carboxylic acids is 2. The number of amides is 2. The van der Waals surface area contributed by atoms with E-state index in [4.69, 9.17) is 0 Å². The van der Waals surface area contributed by atoms with E-state index in [0.29, 0.717) is 19.1 Å². The molecule has 3 aliphatic carbocycles. The van der Waals surface area contributed by atoms with Gasteiger partial charge in [0.1, 0.15) is 0 Å². The third kappa shape index (κ3) is 2.52. The van der Waals surface area contributed by atoms with Gasteiger partial charge in [-0.2, -0.15) is 0 Å². The van der Waals surface area contributed by atoms with Gasteiger partial charge < -0.3 is 10.6 Å². The van der Waals surface area contributed by atoms with Gasteiger partial charge in [-0.1, -0.05) is 12.2 Å². The second-order valence-electron chi connectivity index (χ2n) is 7.36. The highest BCUT2D eigenvalue weighted by atomic mass is 16.2. The lowest BCUT2D eigenvalue weighted by Crippen LogP contribution is -2.46. The van der Waals surface area contributed by atoms with Gasteiger partial charge in [-0.25, -0.2) is 0 Å². The number of guanidine groups is 1. The molecule has 2 saturated carbocycles. The van der Waals surface area contributed by atoms with Crippen LogP contribution in [0.15, 0.2) is 17.1 Å². The van der Waals surface area contributed by atoms with Crippen LogP contribution in [0.25, 0.3) is 0 Å². The molecule has 130 valence electrons. The standard InChI is InChI=1S/C18H26N4O2/c1-2-19-18(21-13-4-3-5-13)20-8-9-22-16(23)14-11-6-7-12(10-11)15(14)17(22)24/h6-7,11-15H,2-5,8-10H2,1H3,(H2,19,20,21). The number of hydrogen-bond donors (Lipinski definition) is 2. The molecule has 0 aromatic rings. The van der Waals surface area contributed by atoms with Crippen molar-refractivity contribution in [3.05, 3.63) is 12.2 Å². The Morgan fingerprint density at radius 1 is 1.21 bits per heavy atom. The number of likely N-dealkylation sites (tertiary alicyclic amines) is 1. The molecule has 3 fully saturated rings. The third-order valence-corrected chi connectivity index (χ3v) is 5.95. The highest BCUT2D eigenvalue weighted by molar-refractivity contribution is 6.06. The predicted molar refractivity (Wildman–Crippen MR) is 91.2 cm³/mol. The number of hydrogen-bond acceptors (Lipinski definition) is 3. The molecule has 2 amide bonds. The van der Waals surface area contributed by atoms with Crippen LogP contribution in [-0.4, -0.2) is 48.3 Å². The van der Waals surface area contributed by atoms with Gasteiger partial charge in [-0.05, 0) is 44.4 Å². The van der Waals surface area contributed by atoms with Crippen molar-refractivity contribution in [2.45, 2.75) is 38.6 Å². The van der Waals surface area contributed by atoms with Crippen LogP contribution in [-0.2, 0) is 9.59 Å². The summed E-state index contributed by atoms with van der Waals surface area (Å²) < 4.78 is 0. The molecular formula is C18H26N4O2. The molecule has 0 aromatic carbocycles. The maximum Gasteiger partial charge on any atom is 0.233 e. The molecule has 1 aliphatic heterocycles. The number of rotatable bonds is 5. The Labute approximate surface area is 142 Å². The van der Waals surface area contributed by atoms with Gasteiger partial charge in [0.05, 0.1) is 18.4 Å². The molecule has 1 saturated heterocycles. The van der Waals surface area contributed by atoms with Crippen LogP contribution in [0.1, 0.15) is 32.6 Å². The summed E-state index contributed by atoms with van der Waals surface area (Å²) in [6.45, 7) is 3.70. The molecule has 2 bridgehead atoms. The van der Waals surface area contributed by atoms with Crippen molar-refractivity contribution in [2.75, 3.05) is 19.6 Å². The van der Waals surface area contributed by atoms with Gasteiger partial charge in [0.25, 0.3) is 0 Å². The van der Waals surface area contributed by atoms with E-state index in [1.807, 2.05) is 6.92 Å². The van der Waals surface area contributed by atoms with Crippen molar-refractivity contribution >= 4 is 17.8 Å². The summed E-state index contributed by atoms with van der Waals surface area (Å²) >= 11 is 0. The van der Waals surface area contributed by atoms with Gasteiger partial charge in [0.2, 0.25) is 11.8 Å². The first-order valence-electron chi connectivity index (χ1n) is 9.27. The van der Waals surface area contributed by atoms with Crippen LogP contribution in [0.2, 0.25) is 0 Å². The maximum atomic E-state index is 12.6. The summed E-state index contributed by atoms with van der Waals surface area (Å²) in [6.07, 6.45) is 8.88. The zero-order chi connectivity index (χ0) is 16.7. The van der Waals surface area contributed by atoms with E-state index in [1.54, 1.807) is 0 Å². The molecule has 0 spiro atoms. The Morgan fingerprint density at radius 2 is 1.88 bits per heavy atom. The second kappa shape index (κ2) is 6.22. The Morgan fingerprint density at radius 3 is 2.42 bits per heavy atom. The summed E-state index contributed by atoms with van der Waals surface area (Å²) in [5.41, 5.74) is 0. The number of nitrogens with zero attached hydrogens (tertiary/aromatic N) is 2. The summed E-state index contributed by atoms with van der Waals surface area (Å²) in [5, 5.41) is 6.64. The SMILES string of the molecule is CCNC(=NCCN1C(=O)C2C3C=CC(C3)C2C1=O)NC1CCC1. The lowest BCUT2D eigenvalue weighted by atomic mass is 9.85. The minimum Gasteiger partial charge on any atom is -0.357 e. The van der Waals surface area contributed by atoms with E-state index in [1.165, 1.54) is 24.2 Å². The molecule has 0 radical (unpaired) electrons. The van der Waals surface area contributed by atoms with Crippen molar-refractivity contribution < 1.29 is 9.59 Å². The first-order valence-corrected chi connectivity index (χ1v) is 9.27. The van der Waals surface area contributed by atoms with Crippen LogP contribution >= 0.6 is 0 Å². The number of aliphatic imine (C=N–C) groups is 1. The summed E-state index contributed by atoms with van der Waals surface area (Å²) in [7, 11) is 0. The van der Waals surface area contributed by atoms with Crippen LogP contribution in [0.4, 0.5) is 0 Å². The highest BCUT2D eigenvalue weighted by Gasteiger charge is 2.58. The van der Waals surface area contributed by atoms with E-state index >= 15 is 0 Å². The normalized spacial score (nSPS) is 34.7. The van der Waals surface area contributed by atoms with E-state index in [9.17, 15) is 9.59 Å². The van der Waals surface area contributed by atoms with Crippen LogP contribution in [0.5, 0.6) is 0 Å². The van der Waals surface area contributed by atoms with Crippen molar-refractivity contribution in [1.82, 2.24) is 15.5 Å². The zero-order valence-electron chi connectivity index (χ0n) is 14.2.